The van der Waals surface area contributed by atoms with E-state index >= 15 is 0 Å². The van der Waals surface area contributed by atoms with Crippen molar-refractivity contribution < 1.29 is 13.5 Å². The van der Waals surface area contributed by atoms with Gasteiger partial charge < -0.3 is 16.2 Å². The van der Waals surface area contributed by atoms with Gasteiger partial charge >= 0.3 is 0 Å². The van der Waals surface area contributed by atoms with Gasteiger partial charge in [-0.3, -0.25) is 4.99 Å². The van der Waals surface area contributed by atoms with Crippen molar-refractivity contribution in [1.29, 1.82) is 0 Å². The summed E-state index contributed by atoms with van der Waals surface area (Å²) in [5.74, 6) is -0.251. The number of rotatable bonds is 6. The average Bonchev–Trinajstić information content (AvgIpc) is 3.04. The number of hydrogen-bond donors (Lipinski definition) is 3. The quantitative estimate of drug-likeness (QED) is 0.325. The van der Waals surface area contributed by atoms with Gasteiger partial charge in [-0.15, -0.1) is 35.3 Å². The first-order chi connectivity index (χ1) is 11.3. The third kappa shape index (κ3) is 6.57. The van der Waals surface area contributed by atoms with Crippen LogP contribution < -0.4 is 11.1 Å². The second-order valence-corrected chi connectivity index (χ2v) is 8.73. The number of halogens is 1. The molecular weight excluding hydrogens is 473 g/mol. The van der Waals surface area contributed by atoms with Crippen molar-refractivity contribution >= 4 is 56.8 Å². The molecule has 1 atom stereocenters. The molecule has 0 radical (unpaired) electrons. The number of thiophene rings is 1. The number of benzene rings is 1. The summed E-state index contributed by atoms with van der Waals surface area (Å²) in [6.07, 6.45) is -1.11. The third-order valence-electron chi connectivity index (χ3n) is 3.47. The Morgan fingerprint density at radius 1 is 1.32 bits per heavy atom. The number of anilines is 1. The van der Waals surface area contributed by atoms with E-state index in [9.17, 15) is 13.5 Å². The number of nitrogens with one attached hydrogen (secondary N) is 1. The Morgan fingerprint density at radius 2 is 2.04 bits per heavy atom. The van der Waals surface area contributed by atoms with Crippen LogP contribution >= 0.6 is 35.3 Å². The van der Waals surface area contributed by atoms with Crippen LogP contribution in [-0.2, 0) is 9.84 Å². The molecule has 9 heteroatoms. The highest BCUT2D eigenvalue weighted by molar-refractivity contribution is 14.0. The first-order valence-corrected chi connectivity index (χ1v) is 9.89. The van der Waals surface area contributed by atoms with Crippen LogP contribution in [0.2, 0.25) is 0 Å². The van der Waals surface area contributed by atoms with E-state index in [4.69, 9.17) is 5.73 Å². The number of aliphatic hydroxyl groups is 1. The number of hydrogen-bond acceptors (Lipinski definition) is 5. The van der Waals surface area contributed by atoms with Gasteiger partial charge in [0.1, 0.15) is 4.21 Å². The van der Waals surface area contributed by atoms with E-state index in [0.717, 1.165) is 22.6 Å². The van der Waals surface area contributed by atoms with Gasteiger partial charge in [0.05, 0.1) is 18.4 Å². The zero-order valence-corrected chi connectivity index (χ0v) is 17.9. The Balaban J connectivity index is 0.00000312. The molecule has 25 heavy (non-hydrogen) atoms. The molecule has 4 N–H and O–H groups in total. The molecule has 0 spiro atoms. The predicted molar refractivity (Wildman–Crippen MR) is 114 cm³/mol. The van der Waals surface area contributed by atoms with E-state index in [1.165, 1.54) is 11.6 Å². The molecule has 0 aliphatic rings. The molecule has 1 aromatic carbocycles. The molecule has 0 saturated carbocycles. The van der Waals surface area contributed by atoms with E-state index in [1.807, 2.05) is 32.0 Å². The highest BCUT2D eigenvalue weighted by atomic mass is 127. The summed E-state index contributed by atoms with van der Waals surface area (Å²) in [5.41, 5.74) is 8.86. The van der Waals surface area contributed by atoms with Crippen LogP contribution in [0.15, 0.2) is 44.9 Å². The standard InChI is InChI=1S/C16H21N3O3S2.HI/c1-11-5-6-13(8-12(11)2)19-16(17)18-9-14(20)10-24(21,22)15-4-3-7-23-15;/h3-8,14,20H,9-10H2,1-2H3,(H3,17,18,19);1H. The fourth-order valence-corrected chi connectivity index (χ4v) is 4.51. The van der Waals surface area contributed by atoms with Crippen LogP contribution in [0.25, 0.3) is 0 Å². The molecule has 1 aromatic heterocycles. The van der Waals surface area contributed by atoms with Crippen molar-refractivity contribution in [2.75, 3.05) is 17.6 Å². The fraction of sp³-hybridized carbons (Fsp3) is 0.312. The van der Waals surface area contributed by atoms with Crippen LogP contribution in [0.3, 0.4) is 0 Å². The van der Waals surface area contributed by atoms with Crippen LogP contribution in [0.1, 0.15) is 11.1 Å². The average molecular weight is 495 g/mol. The number of guanidine groups is 1. The van der Waals surface area contributed by atoms with Gasteiger partial charge in [0.25, 0.3) is 0 Å². The zero-order valence-electron chi connectivity index (χ0n) is 14.0. The first-order valence-electron chi connectivity index (χ1n) is 7.36. The predicted octanol–water partition coefficient (Wildman–Crippen LogP) is 2.54. The summed E-state index contributed by atoms with van der Waals surface area (Å²) in [6, 6.07) is 8.96. The van der Waals surface area contributed by atoms with Crippen molar-refractivity contribution in [3.63, 3.8) is 0 Å². The summed E-state index contributed by atoms with van der Waals surface area (Å²) in [6.45, 7) is 3.92. The molecule has 138 valence electrons. The summed E-state index contributed by atoms with van der Waals surface area (Å²) < 4.78 is 24.4. The third-order valence-corrected chi connectivity index (χ3v) is 6.75. The van der Waals surface area contributed by atoms with Crippen molar-refractivity contribution in [3.8, 4) is 0 Å². The Labute approximate surface area is 169 Å². The molecule has 0 fully saturated rings. The van der Waals surface area contributed by atoms with Gasteiger partial charge in [0.15, 0.2) is 15.8 Å². The lowest BCUT2D eigenvalue weighted by atomic mass is 10.1. The Bertz CT molecular complexity index is 821. The largest absolute Gasteiger partial charge is 0.390 e. The molecule has 0 aliphatic carbocycles. The highest BCUT2D eigenvalue weighted by Crippen LogP contribution is 2.18. The summed E-state index contributed by atoms with van der Waals surface area (Å²) in [4.78, 5) is 4.01. The van der Waals surface area contributed by atoms with E-state index in [-0.39, 0.29) is 46.4 Å². The van der Waals surface area contributed by atoms with Crippen LogP contribution in [0.4, 0.5) is 5.69 Å². The molecule has 2 aromatic rings. The maximum atomic E-state index is 12.1. The minimum atomic E-state index is -3.50. The molecule has 0 aliphatic heterocycles. The maximum Gasteiger partial charge on any atom is 0.193 e. The molecule has 6 nitrogen and oxygen atoms in total. The fourth-order valence-electron chi connectivity index (χ4n) is 2.04. The highest BCUT2D eigenvalue weighted by Gasteiger charge is 2.20. The number of aryl methyl sites for hydroxylation is 2. The zero-order chi connectivity index (χ0) is 17.7. The van der Waals surface area contributed by atoms with Crippen molar-refractivity contribution in [2.45, 2.75) is 24.2 Å². The number of nitrogens with two attached hydrogens (primary N) is 1. The van der Waals surface area contributed by atoms with Gasteiger partial charge in [-0.05, 0) is 48.6 Å². The first kappa shape index (κ1) is 21.9. The Morgan fingerprint density at radius 3 is 2.64 bits per heavy atom. The topological polar surface area (TPSA) is 105 Å². The lowest BCUT2D eigenvalue weighted by Crippen LogP contribution is -2.28. The van der Waals surface area contributed by atoms with Crippen LogP contribution in [0.5, 0.6) is 0 Å². The molecule has 0 saturated heterocycles. The molecule has 1 unspecified atom stereocenters. The summed E-state index contributed by atoms with van der Waals surface area (Å²) >= 11 is 1.13. The number of aliphatic hydroxyl groups excluding tert-OH is 1. The number of sulfone groups is 1. The van der Waals surface area contributed by atoms with Gasteiger partial charge in [0.2, 0.25) is 0 Å². The molecule has 1 heterocycles. The van der Waals surface area contributed by atoms with Gasteiger partial charge in [-0.2, -0.15) is 0 Å². The van der Waals surface area contributed by atoms with E-state index in [0.29, 0.717) is 0 Å². The van der Waals surface area contributed by atoms with Crippen molar-refractivity contribution in [3.05, 3.63) is 46.8 Å². The smallest absolute Gasteiger partial charge is 0.193 e. The normalized spacial score (nSPS) is 13.2. The van der Waals surface area contributed by atoms with Gasteiger partial charge in [-0.1, -0.05) is 12.1 Å². The van der Waals surface area contributed by atoms with Crippen molar-refractivity contribution in [1.82, 2.24) is 0 Å². The number of nitrogens with zero attached hydrogens (tertiary/aromatic N) is 1. The summed E-state index contributed by atoms with van der Waals surface area (Å²) in [5, 5.41) is 14.5. The van der Waals surface area contributed by atoms with Crippen LogP contribution in [-0.4, -0.2) is 37.9 Å². The van der Waals surface area contributed by atoms with Crippen LogP contribution in [0, 0.1) is 13.8 Å². The van der Waals surface area contributed by atoms with Crippen molar-refractivity contribution in [2.24, 2.45) is 10.7 Å². The number of aliphatic imine (C=N–C) groups is 1. The Kier molecular flexibility index (Phi) is 8.32. The van der Waals surface area contributed by atoms with E-state index in [2.05, 4.69) is 10.3 Å². The molecule has 0 amide bonds. The lowest BCUT2D eigenvalue weighted by Gasteiger charge is -2.10. The molecule has 0 bridgehead atoms. The minimum absolute atomic E-state index is 0. The minimum Gasteiger partial charge on any atom is -0.390 e. The second kappa shape index (κ2) is 9.51. The lowest BCUT2D eigenvalue weighted by molar-refractivity contribution is 0.206. The molecule has 2 rings (SSSR count). The molecular formula is C16H22IN3O3S2. The summed E-state index contributed by atoms with van der Waals surface area (Å²) in [7, 11) is -3.50. The van der Waals surface area contributed by atoms with E-state index < -0.39 is 15.9 Å². The van der Waals surface area contributed by atoms with Gasteiger partial charge in [0, 0.05) is 5.69 Å². The maximum absolute atomic E-state index is 12.1. The van der Waals surface area contributed by atoms with Gasteiger partial charge in [-0.25, -0.2) is 8.42 Å². The SMILES string of the molecule is Cc1ccc(NC(N)=NCC(O)CS(=O)(=O)c2cccs2)cc1C.I. The second-order valence-electron chi connectivity index (χ2n) is 5.52. The Hall–Kier alpha value is -1.17. The van der Waals surface area contributed by atoms with E-state index in [1.54, 1.807) is 11.4 Å². The monoisotopic (exact) mass is 495 g/mol.